The van der Waals surface area contributed by atoms with Crippen molar-refractivity contribution in [2.75, 3.05) is 6.54 Å². The molecule has 2 heterocycles. The van der Waals surface area contributed by atoms with E-state index >= 15 is 0 Å². The number of carbonyl (C=O) groups is 1. The second-order valence-electron chi connectivity index (χ2n) is 6.18. The van der Waals surface area contributed by atoms with Crippen molar-refractivity contribution in [1.82, 2.24) is 15.3 Å². The van der Waals surface area contributed by atoms with Gasteiger partial charge in [-0.2, -0.15) is 0 Å². The maximum absolute atomic E-state index is 11.9. The van der Waals surface area contributed by atoms with Gasteiger partial charge in [-0.3, -0.25) is 9.78 Å². The molecule has 0 unspecified atom stereocenters. The molecular weight excluding hydrogens is 342 g/mol. The molecule has 0 saturated heterocycles. The Kier molecular flexibility index (Phi) is 6.90. The Hall–Kier alpha value is -2.53. The van der Waals surface area contributed by atoms with Gasteiger partial charge in [0.2, 0.25) is 5.91 Å². The van der Waals surface area contributed by atoms with Crippen molar-refractivity contribution in [3.05, 3.63) is 71.5 Å². The van der Waals surface area contributed by atoms with Crippen LogP contribution in [0.4, 0.5) is 0 Å². The average molecular weight is 366 g/mol. The number of benzene rings is 1. The Morgan fingerprint density at radius 1 is 1.04 bits per heavy atom. The molecule has 26 heavy (non-hydrogen) atoms. The molecule has 0 saturated carbocycles. The van der Waals surface area contributed by atoms with Crippen LogP contribution in [0.25, 0.3) is 10.6 Å². The maximum Gasteiger partial charge on any atom is 0.220 e. The van der Waals surface area contributed by atoms with Crippen LogP contribution in [-0.2, 0) is 17.6 Å². The normalized spacial score (nSPS) is 10.6. The number of thiazole rings is 1. The molecule has 0 aliphatic rings. The van der Waals surface area contributed by atoms with Gasteiger partial charge < -0.3 is 5.32 Å². The van der Waals surface area contributed by atoms with E-state index in [9.17, 15) is 4.79 Å². The Morgan fingerprint density at radius 2 is 1.92 bits per heavy atom. The Bertz CT molecular complexity index is 802. The lowest BCUT2D eigenvalue weighted by Gasteiger charge is -2.04. The van der Waals surface area contributed by atoms with Crippen molar-refractivity contribution in [2.45, 2.75) is 32.1 Å². The molecule has 1 amide bonds. The number of aryl methyl sites for hydroxylation is 1. The molecule has 0 aliphatic heterocycles. The van der Waals surface area contributed by atoms with Crippen molar-refractivity contribution in [2.24, 2.45) is 0 Å². The lowest BCUT2D eigenvalue weighted by atomic mass is 10.1. The number of hydrogen-bond acceptors (Lipinski definition) is 4. The Balaban J connectivity index is 1.32. The average Bonchev–Trinajstić information content (AvgIpc) is 3.16. The van der Waals surface area contributed by atoms with Gasteiger partial charge in [-0.05, 0) is 37.0 Å². The predicted molar refractivity (Wildman–Crippen MR) is 106 cm³/mol. The van der Waals surface area contributed by atoms with Crippen LogP contribution < -0.4 is 5.32 Å². The molecule has 0 aliphatic carbocycles. The van der Waals surface area contributed by atoms with Crippen LogP contribution >= 0.6 is 11.3 Å². The minimum Gasteiger partial charge on any atom is -0.356 e. The Labute approximate surface area is 158 Å². The van der Waals surface area contributed by atoms with Crippen LogP contribution in [0.2, 0.25) is 0 Å². The number of pyridine rings is 1. The van der Waals surface area contributed by atoms with Gasteiger partial charge in [0.25, 0.3) is 0 Å². The zero-order chi connectivity index (χ0) is 18.0. The summed E-state index contributed by atoms with van der Waals surface area (Å²) in [5.41, 5.74) is 3.38. The van der Waals surface area contributed by atoms with Gasteiger partial charge in [-0.1, -0.05) is 30.3 Å². The smallest absolute Gasteiger partial charge is 0.220 e. The van der Waals surface area contributed by atoms with E-state index in [1.807, 2.05) is 29.8 Å². The highest BCUT2D eigenvalue weighted by Crippen LogP contribution is 2.22. The fourth-order valence-electron chi connectivity index (χ4n) is 2.72. The van der Waals surface area contributed by atoms with Crippen molar-refractivity contribution in [3.8, 4) is 10.6 Å². The molecule has 1 aromatic carbocycles. The van der Waals surface area contributed by atoms with Crippen LogP contribution in [-0.4, -0.2) is 22.4 Å². The van der Waals surface area contributed by atoms with Crippen molar-refractivity contribution in [3.63, 3.8) is 0 Å². The second kappa shape index (κ2) is 9.82. The fraction of sp³-hybridized carbons (Fsp3) is 0.286. The van der Waals surface area contributed by atoms with E-state index in [0.29, 0.717) is 13.0 Å². The van der Waals surface area contributed by atoms with E-state index < -0.39 is 0 Å². The predicted octanol–water partition coefficient (Wildman–Crippen LogP) is 4.28. The SMILES string of the molecule is O=C(CCCCc1ccccc1)NCCc1csc(-c2cccnc2)n1. The standard InChI is InChI=1S/C21H23N3OS/c25-20(11-5-4-9-17-7-2-1-3-8-17)23-14-12-19-16-26-21(24-19)18-10-6-13-22-15-18/h1-3,6-8,10,13,15-16H,4-5,9,11-12,14H2,(H,23,25). The molecule has 1 N–H and O–H groups in total. The largest absolute Gasteiger partial charge is 0.356 e. The highest BCUT2D eigenvalue weighted by atomic mass is 32.1. The zero-order valence-electron chi connectivity index (χ0n) is 14.7. The lowest BCUT2D eigenvalue weighted by Crippen LogP contribution is -2.25. The van der Waals surface area contributed by atoms with E-state index in [-0.39, 0.29) is 5.91 Å². The summed E-state index contributed by atoms with van der Waals surface area (Å²) in [4.78, 5) is 20.7. The topological polar surface area (TPSA) is 54.9 Å². The Morgan fingerprint density at radius 3 is 2.73 bits per heavy atom. The minimum atomic E-state index is 0.126. The molecule has 134 valence electrons. The second-order valence-corrected chi connectivity index (χ2v) is 7.04. The third kappa shape index (κ3) is 5.77. The first-order valence-corrected chi connectivity index (χ1v) is 9.84. The summed E-state index contributed by atoms with van der Waals surface area (Å²) in [5.74, 6) is 0.126. The first-order valence-electron chi connectivity index (χ1n) is 8.97. The number of nitrogens with one attached hydrogen (secondary N) is 1. The van der Waals surface area contributed by atoms with E-state index in [4.69, 9.17) is 0 Å². The van der Waals surface area contributed by atoms with Crippen LogP contribution in [0.1, 0.15) is 30.5 Å². The summed E-state index contributed by atoms with van der Waals surface area (Å²) >= 11 is 1.61. The molecule has 3 aromatic rings. The number of rotatable bonds is 9. The zero-order valence-corrected chi connectivity index (χ0v) is 15.5. The van der Waals surface area contributed by atoms with Crippen LogP contribution in [0.3, 0.4) is 0 Å². The lowest BCUT2D eigenvalue weighted by molar-refractivity contribution is -0.121. The number of carbonyl (C=O) groups excluding carboxylic acids is 1. The quantitative estimate of drug-likeness (QED) is 0.576. The van der Waals surface area contributed by atoms with Crippen LogP contribution in [0.15, 0.2) is 60.2 Å². The van der Waals surface area contributed by atoms with Gasteiger partial charge in [0.1, 0.15) is 5.01 Å². The van der Waals surface area contributed by atoms with Crippen molar-refractivity contribution >= 4 is 17.2 Å². The van der Waals surface area contributed by atoms with Crippen molar-refractivity contribution < 1.29 is 4.79 Å². The van der Waals surface area contributed by atoms with Gasteiger partial charge in [-0.25, -0.2) is 4.98 Å². The summed E-state index contributed by atoms with van der Waals surface area (Å²) < 4.78 is 0. The number of nitrogens with zero attached hydrogens (tertiary/aromatic N) is 2. The number of amides is 1. The molecule has 4 nitrogen and oxygen atoms in total. The van der Waals surface area contributed by atoms with Crippen LogP contribution in [0, 0.1) is 0 Å². The third-order valence-corrected chi connectivity index (χ3v) is 5.07. The summed E-state index contributed by atoms with van der Waals surface area (Å²) in [7, 11) is 0. The number of unbranched alkanes of at least 4 members (excludes halogenated alkanes) is 1. The first kappa shape index (κ1) is 18.3. The van der Waals surface area contributed by atoms with Crippen LogP contribution in [0.5, 0.6) is 0 Å². The molecule has 3 rings (SSSR count). The van der Waals surface area contributed by atoms with Gasteiger partial charge >= 0.3 is 0 Å². The molecule has 0 bridgehead atoms. The van der Waals surface area contributed by atoms with Crippen molar-refractivity contribution in [1.29, 1.82) is 0 Å². The summed E-state index contributed by atoms with van der Waals surface area (Å²) in [6, 6.07) is 14.3. The molecule has 0 spiro atoms. The van der Waals surface area contributed by atoms with E-state index in [2.05, 4.69) is 39.6 Å². The fourth-order valence-corrected chi connectivity index (χ4v) is 3.57. The molecule has 0 fully saturated rings. The molecule has 0 atom stereocenters. The number of aromatic nitrogens is 2. The molecule has 0 radical (unpaired) electrons. The maximum atomic E-state index is 11.9. The number of hydrogen-bond donors (Lipinski definition) is 1. The third-order valence-electron chi connectivity index (χ3n) is 4.13. The minimum absolute atomic E-state index is 0.126. The summed E-state index contributed by atoms with van der Waals surface area (Å²) in [5, 5.41) is 6.01. The summed E-state index contributed by atoms with van der Waals surface area (Å²) in [6.45, 7) is 0.633. The van der Waals surface area contributed by atoms with E-state index in [0.717, 1.165) is 41.9 Å². The van der Waals surface area contributed by atoms with Gasteiger partial charge in [0, 0.05) is 42.7 Å². The highest BCUT2D eigenvalue weighted by molar-refractivity contribution is 7.13. The van der Waals surface area contributed by atoms with Gasteiger partial charge in [0.05, 0.1) is 5.69 Å². The van der Waals surface area contributed by atoms with Gasteiger partial charge in [0.15, 0.2) is 0 Å². The summed E-state index contributed by atoms with van der Waals surface area (Å²) in [6.07, 6.45) is 7.91. The van der Waals surface area contributed by atoms with Gasteiger partial charge in [-0.15, -0.1) is 11.3 Å². The molecular formula is C21H23N3OS. The molecule has 5 heteroatoms. The van der Waals surface area contributed by atoms with E-state index in [1.165, 1.54) is 5.56 Å². The monoisotopic (exact) mass is 365 g/mol. The highest BCUT2D eigenvalue weighted by Gasteiger charge is 2.06. The first-order chi connectivity index (χ1) is 12.8. The molecule has 2 aromatic heterocycles. The van der Waals surface area contributed by atoms with E-state index in [1.54, 1.807) is 17.5 Å².